The first kappa shape index (κ1) is 27.5. The molecule has 2 aliphatic heterocycles. The first-order valence-corrected chi connectivity index (χ1v) is 13.4. The molecule has 3 aromatic rings. The zero-order chi connectivity index (χ0) is 27.4. The maximum atomic E-state index is 9.21. The number of anilines is 2. The van der Waals surface area contributed by atoms with E-state index in [1.807, 2.05) is 18.5 Å². The first-order valence-electron chi connectivity index (χ1n) is 12.6. The van der Waals surface area contributed by atoms with Gasteiger partial charge in [0.1, 0.15) is 11.5 Å². The Kier molecular flexibility index (Phi) is 8.73. The van der Waals surface area contributed by atoms with Crippen LogP contribution in [0.3, 0.4) is 0 Å². The molecule has 0 saturated carbocycles. The van der Waals surface area contributed by atoms with E-state index < -0.39 is 0 Å². The number of ether oxygens (including phenoxy) is 3. The highest BCUT2D eigenvalue weighted by Crippen LogP contribution is 2.46. The minimum absolute atomic E-state index is 0.0157. The third kappa shape index (κ3) is 6.07. The smallest absolute Gasteiger partial charge is 0.173 e. The second-order valence-electron chi connectivity index (χ2n) is 9.26. The van der Waals surface area contributed by atoms with E-state index in [4.69, 9.17) is 42.4 Å². The number of hydrogen-bond acceptors (Lipinski definition) is 10. The lowest BCUT2D eigenvalue weighted by atomic mass is 10.1. The van der Waals surface area contributed by atoms with Gasteiger partial charge in [-0.25, -0.2) is 4.98 Å². The SMILES string of the molecule is COc1cc(OC)c(Cl)c(-c2cc3c(c(NCc4cnn(CCO)c4)n2)NC(NCC2CCOC2)N=C3)c1Cl. The monoisotopic (exact) mass is 575 g/mol. The molecule has 4 heterocycles. The van der Waals surface area contributed by atoms with E-state index in [0.717, 1.165) is 43.0 Å². The normalized spacial score (nSPS) is 18.1. The number of aliphatic imine (C=N–C) groups is 1. The Bertz CT molecular complexity index is 1320. The van der Waals surface area contributed by atoms with Gasteiger partial charge in [-0.1, -0.05) is 23.2 Å². The molecule has 4 N–H and O–H groups in total. The minimum atomic E-state index is -0.317. The van der Waals surface area contributed by atoms with E-state index in [2.05, 4.69) is 26.0 Å². The molecule has 0 aliphatic carbocycles. The van der Waals surface area contributed by atoms with E-state index in [-0.39, 0.29) is 12.9 Å². The number of hydrogen-bond donors (Lipinski definition) is 4. The molecule has 0 amide bonds. The van der Waals surface area contributed by atoms with Crippen LogP contribution in [-0.4, -0.2) is 73.0 Å². The van der Waals surface area contributed by atoms with Crippen molar-refractivity contribution in [1.82, 2.24) is 20.1 Å². The molecule has 0 spiro atoms. The quantitative estimate of drug-likeness (QED) is 0.271. The summed E-state index contributed by atoms with van der Waals surface area (Å²) in [6, 6.07) is 3.52. The highest BCUT2D eigenvalue weighted by molar-refractivity contribution is 6.41. The molecule has 1 saturated heterocycles. The van der Waals surface area contributed by atoms with Gasteiger partial charge in [0.15, 0.2) is 12.1 Å². The summed E-state index contributed by atoms with van der Waals surface area (Å²) in [6.45, 7) is 3.24. The number of aliphatic hydroxyl groups is 1. The average Bonchev–Trinajstić information content (AvgIpc) is 3.63. The minimum Gasteiger partial charge on any atom is -0.495 e. The number of methoxy groups -OCH3 is 2. The number of nitrogens with zero attached hydrogens (tertiary/aromatic N) is 4. The maximum absolute atomic E-state index is 9.21. The molecule has 13 heteroatoms. The molecule has 1 aromatic carbocycles. The number of aromatic nitrogens is 3. The third-order valence-corrected chi connectivity index (χ3v) is 7.37. The van der Waals surface area contributed by atoms with Gasteiger partial charge in [0.05, 0.1) is 61.6 Å². The van der Waals surface area contributed by atoms with E-state index in [0.29, 0.717) is 57.6 Å². The molecule has 2 unspecified atom stereocenters. The van der Waals surface area contributed by atoms with Crippen LogP contribution in [0, 0.1) is 5.92 Å². The summed E-state index contributed by atoms with van der Waals surface area (Å²) >= 11 is 13.4. The van der Waals surface area contributed by atoms with Crippen LogP contribution in [0.15, 0.2) is 29.5 Å². The number of fused-ring (bicyclic) bond motifs is 1. The number of aliphatic hydroxyl groups excluding tert-OH is 1. The fourth-order valence-electron chi connectivity index (χ4n) is 4.55. The van der Waals surface area contributed by atoms with Crippen molar-refractivity contribution in [3.63, 3.8) is 0 Å². The molecule has 2 atom stereocenters. The largest absolute Gasteiger partial charge is 0.495 e. The zero-order valence-corrected chi connectivity index (χ0v) is 23.2. The first-order chi connectivity index (χ1) is 19.0. The van der Waals surface area contributed by atoms with Crippen molar-refractivity contribution in [3.8, 4) is 22.8 Å². The van der Waals surface area contributed by atoms with Crippen molar-refractivity contribution < 1.29 is 19.3 Å². The lowest BCUT2D eigenvalue weighted by Gasteiger charge is -2.26. The number of nitrogens with one attached hydrogen (secondary N) is 3. The lowest BCUT2D eigenvalue weighted by molar-refractivity contribution is 0.185. The molecular weight excluding hydrogens is 545 g/mol. The fourth-order valence-corrected chi connectivity index (χ4v) is 5.24. The van der Waals surface area contributed by atoms with Crippen LogP contribution < -0.4 is 25.4 Å². The Balaban J connectivity index is 1.49. The number of halogens is 2. The number of pyridine rings is 1. The van der Waals surface area contributed by atoms with Gasteiger partial charge < -0.3 is 30.0 Å². The van der Waals surface area contributed by atoms with Crippen molar-refractivity contribution in [2.75, 3.05) is 51.2 Å². The summed E-state index contributed by atoms with van der Waals surface area (Å²) in [7, 11) is 3.06. The lowest BCUT2D eigenvalue weighted by Crippen LogP contribution is -2.40. The van der Waals surface area contributed by atoms with Crippen molar-refractivity contribution >= 4 is 40.9 Å². The highest BCUT2D eigenvalue weighted by atomic mass is 35.5. The summed E-state index contributed by atoms with van der Waals surface area (Å²) in [5.41, 5.74) is 3.56. The van der Waals surface area contributed by atoms with E-state index in [9.17, 15) is 5.11 Å². The van der Waals surface area contributed by atoms with Crippen LogP contribution in [0.1, 0.15) is 17.5 Å². The Morgan fingerprint density at radius 1 is 1.21 bits per heavy atom. The molecule has 0 bridgehead atoms. The van der Waals surface area contributed by atoms with Crippen molar-refractivity contribution in [1.29, 1.82) is 0 Å². The fraction of sp³-hybridized carbons (Fsp3) is 0.423. The van der Waals surface area contributed by atoms with Crippen LogP contribution in [-0.2, 0) is 17.8 Å². The van der Waals surface area contributed by atoms with Gasteiger partial charge in [0.2, 0.25) is 0 Å². The second kappa shape index (κ2) is 12.4. The van der Waals surface area contributed by atoms with E-state index >= 15 is 0 Å². The van der Waals surface area contributed by atoms with Crippen molar-refractivity contribution in [3.05, 3.63) is 45.7 Å². The summed E-state index contributed by atoms with van der Waals surface area (Å²) in [6.07, 6.45) is 6.16. The Morgan fingerprint density at radius 2 is 2.00 bits per heavy atom. The van der Waals surface area contributed by atoms with Crippen molar-refractivity contribution in [2.45, 2.75) is 25.8 Å². The zero-order valence-electron chi connectivity index (χ0n) is 21.7. The summed E-state index contributed by atoms with van der Waals surface area (Å²) in [5.74, 6) is 1.90. The number of rotatable bonds is 11. The van der Waals surface area contributed by atoms with Crippen LogP contribution in [0.5, 0.6) is 11.5 Å². The topological polar surface area (TPSA) is 127 Å². The van der Waals surface area contributed by atoms with Crippen LogP contribution in [0.2, 0.25) is 10.0 Å². The van der Waals surface area contributed by atoms with Gasteiger partial charge in [-0.15, -0.1) is 0 Å². The molecule has 39 heavy (non-hydrogen) atoms. The molecule has 208 valence electrons. The average molecular weight is 576 g/mol. The standard InChI is InChI=1S/C26H31Cl2N7O4/c1-37-19-8-20(38-2)23(28)21(22(19)27)18-7-17-12-31-26(30-9-15-3-6-39-14-15)34-24(17)25(33-18)29-10-16-11-32-35(13-16)4-5-36/h7-8,11-13,15,26,30,34,36H,3-6,9-10,14H2,1-2H3,(H,29,33). The molecule has 5 rings (SSSR count). The molecule has 11 nitrogen and oxygen atoms in total. The van der Waals surface area contributed by atoms with E-state index in [1.165, 1.54) is 14.2 Å². The van der Waals surface area contributed by atoms with Crippen LogP contribution in [0.4, 0.5) is 11.5 Å². The van der Waals surface area contributed by atoms with Gasteiger partial charge in [-0.3, -0.25) is 15.0 Å². The Hall–Kier alpha value is -3.09. The van der Waals surface area contributed by atoms with Crippen molar-refractivity contribution in [2.24, 2.45) is 10.9 Å². The maximum Gasteiger partial charge on any atom is 0.173 e. The van der Waals surface area contributed by atoms with Gasteiger partial charge in [-0.2, -0.15) is 5.10 Å². The summed E-state index contributed by atoms with van der Waals surface area (Å²) in [4.78, 5) is 9.59. The molecule has 0 radical (unpaired) electrons. The van der Waals surface area contributed by atoms with Gasteiger partial charge >= 0.3 is 0 Å². The van der Waals surface area contributed by atoms with Crippen LogP contribution >= 0.6 is 23.2 Å². The van der Waals surface area contributed by atoms with E-state index in [1.54, 1.807) is 16.9 Å². The molecular formula is C26H31Cl2N7O4. The van der Waals surface area contributed by atoms with Crippen LogP contribution in [0.25, 0.3) is 11.3 Å². The number of benzene rings is 1. The molecule has 1 fully saturated rings. The summed E-state index contributed by atoms with van der Waals surface area (Å²) < 4.78 is 18.1. The molecule has 2 aliphatic rings. The van der Waals surface area contributed by atoms with Gasteiger partial charge in [0, 0.05) is 54.9 Å². The predicted molar refractivity (Wildman–Crippen MR) is 151 cm³/mol. The highest BCUT2D eigenvalue weighted by Gasteiger charge is 2.25. The Morgan fingerprint density at radius 3 is 2.69 bits per heavy atom. The predicted octanol–water partition coefficient (Wildman–Crippen LogP) is 3.63. The molecule has 2 aromatic heterocycles. The summed E-state index contributed by atoms with van der Waals surface area (Å²) in [5, 5.41) is 24.5. The Labute approximate surface area is 236 Å². The van der Waals surface area contributed by atoms with Gasteiger partial charge in [-0.05, 0) is 18.4 Å². The third-order valence-electron chi connectivity index (χ3n) is 6.62. The second-order valence-corrected chi connectivity index (χ2v) is 10.0. The van der Waals surface area contributed by atoms with Gasteiger partial charge in [0.25, 0.3) is 0 Å².